The first-order valence-corrected chi connectivity index (χ1v) is 9.84. The predicted molar refractivity (Wildman–Crippen MR) is 105 cm³/mol. The molecule has 0 aliphatic rings. The monoisotopic (exact) mass is 409 g/mol. The van der Waals surface area contributed by atoms with E-state index in [0.717, 1.165) is 10.4 Å². The van der Waals surface area contributed by atoms with Crippen LogP contribution in [0.15, 0.2) is 40.3 Å². The van der Waals surface area contributed by atoms with Crippen LogP contribution in [0.5, 0.6) is 0 Å². The molecule has 1 amide bonds. The fourth-order valence-electron chi connectivity index (χ4n) is 2.59. The molecule has 0 spiro atoms. The molecule has 3 rings (SSSR count). The number of halogens is 2. The number of benzene rings is 1. The molecule has 0 saturated heterocycles. The van der Waals surface area contributed by atoms with Crippen LogP contribution in [0.2, 0.25) is 0 Å². The van der Waals surface area contributed by atoms with Gasteiger partial charge in [0, 0.05) is 28.4 Å². The van der Waals surface area contributed by atoms with Gasteiger partial charge >= 0.3 is 0 Å². The summed E-state index contributed by atoms with van der Waals surface area (Å²) in [7, 11) is 0. The van der Waals surface area contributed by atoms with Crippen molar-refractivity contribution in [2.45, 2.75) is 37.5 Å². The third-order valence-electron chi connectivity index (χ3n) is 4.10. The topological polar surface area (TPSA) is 64.0 Å². The van der Waals surface area contributed by atoms with Crippen molar-refractivity contribution in [1.82, 2.24) is 9.55 Å². The Morgan fingerprint density at radius 2 is 2.00 bits per heavy atom. The van der Waals surface area contributed by atoms with Crippen LogP contribution in [0.25, 0.3) is 10.2 Å². The van der Waals surface area contributed by atoms with Gasteiger partial charge in [-0.25, -0.2) is 4.98 Å². The van der Waals surface area contributed by atoms with Gasteiger partial charge in [0.1, 0.15) is 4.83 Å². The van der Waals surface area contributed by atoms with Crippen LogP contribution in [0.4, 0.5) is 14.5 Å². The quantitative estimate of drug-likeness (QED) is 0.612. The van der Waals surface area contributed by atoms with Crippen LogP contribution in [0, 0.1) is 13.8 Å². The highest BCUT2D eigenvalue weighted by Gasteiger charge is 2.13. The summed E-state index contributed by atoms with van der Waals surface area (Å²) in [5.41, 5.74) is 1.29. The van der Waals surface area contributed by atoms with E-state index in [1.165, 1.54) is 34.4 Å². The van der Waals surface area contributed by atoms with Crippen molar-refractivity contribution >= 4 is 44.9 Å². The van der Waals surface area contributed by atoms with Gasteiger partial charge in [-0.3, -0.25) is 14.2 Å². The minimum atomic E-state index is -2.48. The van der Waals surface area contributed by atoms with Gasteiger partial charge in [0.2, 0.25) is 5.91 Å². The van der Waals surface area contributed by atoms with E-state index < -0.39 is 5.76 Å². The first kappa shape index (κ1) is 19.5. The van der Waals surface area contributed by atoms with Crippen molar-refractivity contribution < 1.29 is 13.6 Å². The number of anilines is 1. The van der Waals surface area contributed by atoms with Crippen LogP contribution >= 0.6 is 23.1 Å². The maximum Gasteiger partial charge on any atom is 0.288 e. The van der Waals surface area contributed by atoms with Gasteiger partial charge in [0.05, 0.1) is 11.7 Å². The first-order chi connectivity index (χ1) is 12.8. The number of amides is 1. The number of hydrogen-bond acceptors (Lipinski definition) is 5. The number of nitrogens with one attached hydrogen (secondary N) is 1. The van der Waals surface area contributed by atoms with Crippen molar-refractivity contribution in [2.24, 2.45) is 0 Å². The van der Waals surface area contributed by atoms with E-state index in [2.05, 4.69) is 10.3 Å². The number of carbonyl (C=O) groups is 1. The lowest BCUT2D eigenvalue weighted by Gasteiger charge is -2.08. The number of thioether (sulfide) groups is 1. The zero-order valence-electron chi connectivity index (χ0n) is 14.7. The summed E-state index contributed by atoms with van der Waals surface area (Å²) in [6, 6.07) is 6.19. The normalized spacial score (nSPS) is 11.3. The van der Waals surface area contributed by atoms with Gasteiger partial charge in [-0.1, -0.05) is 11.8 Å². The molecule has 142 valence electrons. The Hall–Kier alpha value is -2.26. The second-order valence-electron chi connectivity index (χ2n) is 5.91. The van der Waals surface area contributed by atoms with Crippen LogP contribution < -0.4 is 10.9 Å². The molecule has 2 aromatic heterocycles. The summed E-state index contributed by atoms with van der Waals surface area (Å²) in [6.07, 6.45) is 1.56. The van der Waals surface area contributed by atoms with Gasteiger partial charge in [-0.15, -0.1) is 11.3 Å². The van der Waals surface area contributed by atoms with E-state index in [9.17, 15) is 18.4 Å². The summed E-state index contributed by atoms with van der Waals surface area (Å²) in [6.45, 7) is 4.05. The fraction of sp³-hybridized carbons (Fsp3) is 0.278. The zero-order chi connectivity index (χ0) is 19.6. The smallest absolute Gasteiger partial charge is 0.288 e. The molecule has 0 atom stereocenters. The number of carbonyl (C=O) groups excluding carboxylic acids is 1. The molecule has 0 bridgehead atoms. The van der Waals surface area contributed by atoms with Gasteiger partial charge in [-0.2, -0.15) is 8.78 Å². The predicted octanol–water partition coefficient (Wildman–Crippen LogP) is 4.42. The maximum atomic E-state index is 12.6. The zero-order valence-corrected chi connectivity index (χ0v) is 16.3. The number of thiophene rings is 1. The Balaban J connectivity index is 1.64. The molecule has 9 heteroatoms. The Morgan fingerprint density at radius 3 is 2.67 bits per heavy atom. The number of alkyl halides is 2. The minimum Gasteiger partial charge on any atom is -0.326 e. The molecule has 2 heterocycles. The SMILES string of the molecule is Cc1sc2ncn(CCC(=O)Nc3ccc(SC(F)F)cc3)c(=O)c2c1C. The molecule has 0 fully saturated rings. The lowest BCUT2D eigenvalue weighted by Crippen LogP contribution is -2.23. The molecule has 5 nitrogen and oxygen atoms in total. The number of hydrogen-bond donors (Lipinski definition) is 1. The Kier molecular flexibility index (Phi) is 5.91. The molecule has 0 saturated carbocycles. The lowest BCUT2D eigenvalue weighted by atomic mass is 10.2. The van der Waals surface area contributed by atoms with E-state index in [4.69, 9.17) is 0 Å². The van der Waals surface area contributed by atoms with Crippen LogP contribution in [-0.2, 0) is 11.3 Å². The summed E-state index contributed by atoms with van der Waals surface area (Å²) in [5, 5.41) is 3.30. The molecular formula is C18H17F2N3O2S2. The molecule has 0 aliphatic heterocycles. The average Bonchev–Trinajstić information content (AvgIpc) is 2.90. The van der Waals surface area contributed by atoms with Gasteiger partial charge in [-0.05, 0) is 43.7 Å². The third-order valence-corrected chi connectivity index (χ3v) is 5.94. The molecular weight excluding hydrogens is 392 g/mol. The van der Waals surface area contributed by atoms with E-state index in [1.54, 1.807) is 12.1 Å². The summed E-state index contributed by atoms with van der Waals surface area (Å²) < 4.78 is 26.1. The van der Waals surface area contributed by atoms with Gasteiger partial charge in [0.15, 0.2) is 0 Å². The number of nitrogens with zero attached hydrogens (tertiary/aromatic N) is 2. The first-order valence-electron chi connectivity index (χ1n) is 8.15. The lowest BCUT2D eigenvalue weighted by molar-refractivity contribution is -0.116. The molecule has 0 unspecified atom stereocenters. The van der Waals surface area contributed by atoms with Crippen molar-refractivity contribution in [3.63, 3.8) is 0 Å². The molecule has 0 radical (unpaired) electrons. The number of aryl methyl sites for hydroxylation is 3. The van der Waals surface area contributed by atoms with Crippen molar-refractivity contribution in [3.8, 4) is 0 Å². The Morgan fingerprint density at radius 1 is 1.30 bits per heavy atom. The van der Waals surface area contributed by atoms with E-state index in [1.807, 2.05) is 13.8 Å². The standard InChI is InChI=1S/C18H17F2N3O2S2/c1-10-11(2)26-16-15(10)17(25)23(9-21-16)8-7-14(24)22-12-3-5-13(6-4-12)27-18(19)20/h3-6,9,18H,7-8H2,1-2H3,(H,22,24). The largest absolute Gasteiger partial charge is 0.326 e. The van der Waals surface area contributed by atoms with Crippen molar-refractivity contribution in [2.75, 3.05) is 5.32 Å². The number of rotatable bonds is 6. The van der Waals surface area contributed by atoms with Gasteiger partial charge < -0.3 is 5.32 Å². The van der Waals surface area contributed by atoms with E-state index >= 15 is 0 Å². The van der Waals surface area contributed by atoms with Crippen LogP contribution in [0.3, 0.4) is 0 Å². The summed E-state index contributed by atoms with van der Waals surface area (Å²) >= 11 is 1.93. The van der Waals surface area contributed by atoms with E-state index in [-0.39, 0.29) is 24.4 Å². The van der Waals surface area contributed by atoms with Crippen LogP contribution in [-0.4, -0.2) is 21.2 Å². The minimum absolute atomic E-state index is 0.1000. The molecule has 1 N–H and O–H groups in total. The average molecular weight is 409 g/mol. The fourth-order valence-corrected chi connectivity index (χ4v) is 4.08. The molecule has 27 heavy (non-hydrogen) atoms. The van der Waals surface area contributed by atoms with Crippen molar-refractivity contribution in [1.29, 1.82) is 0 Å². The molecule has 1 aromatic carbocycles. The highest BCUT2D eigenvalue weighted by Crippen LogP contribution is 2.26. The Bertz CT molecular complexity index is 1030. The number of aromatic nitrogens is 2. The third kappa shape index (κ3) is 4.54. The van der Waals surface area contributed by atoms with Crippen LogP contribution in [0.1, 0.15) is 16.9 Å². The van der Waals surface area contributed by atoms with E-state index in [0.29, 0.717) is 32.6 Å². The van der Waals surface area contributed by atoms with Crippen molar-refractivity contribution in [3.05, 3.63) is 51.4 Å². The highest BCUT2D eigenvalue weighted by atomic mass is 32.2. The molecule has 3 aromatic rings. The molecule has 0 aliphatic carbocycles. The highest BCUT2D eigenvalue weighted by molar-refractivity contribution is 7.99. The Labute approximate surface area is 162 Å². The summed E-state index contributed by atoms with van der Waals surface area (Å²) in [5.74, 6) is -2.75. The van der Waals surface area contributed by atoms with Gasteiger partial charge in [0.25, 0.3) is 11.3 Å². The maximum absolute atomic E-state index is 12.6. The number of fused-ring (bicyclic) bond motifs is 1. The second-order valence-corrected chi connectivity index (χ2v) is 8.17. The second kappa shape index (κ2) is 8.18. The summed E-state index contributed by atoms with van der Waals surface area (Å²) in [4.78, 5) is 31.2.